The van der Waals surface area contributed by atoms with Gasteiger partial charge in [-0.2, -0.15) is 0 Å². The molecule has 1 aromatic carbocycles. The van der Waals surface area contributed by atoms with Crippen LogP contribution in [0.1, 0.15) is 25.8 Å². The molecule has 0 aliphatic carbocycles. The fourth-order valence-corrected chi connectivity index (χ4v) is 1.93. The largest absolute Gasteiger partial charge is 0.496 e. The maximum absolute atomic E-state index is 12.2. The zero-order chi connectivity index (χ0) is 14.3. The Hall–Kier alpha value is -1.84. The van der Waals surface area contributed by atoms with E-state index in [1.165, 1.54) is 0 Å². The monoisotopic (exact) mass is 264 g/mol. The Bertz CT molecular complexity index is 440. The Balaban J connectivity index is 2.79. The third kappa shape index (κ3) is 4.09. The molecule has 104 valence electrons. The molecule has 0 saturated heterocycles. The molecule has 0 spiro atoms. The number of carbonyl (C=O) groups is 2. The van der Waals surface area contributed by atoms with Gasteiger partial charge in [-0.3, -0.25) is 9.59 Å². The number of ether oxygens (including phenoxy) is 2. The molecule has 0 aliphatic rings. The zero-order valence-corrected chi connectivity index (χ0v) is 11.6. The molecule has 0 bridgehead atoms. The normalized spacial score (nSPS) is 11.7. The van der Waals surface area contributed by atoms with Crippen LogP contribution in [0.4, 0.5) is 0 Å². The van der Waals surface area contributed by atoms with E-state index in [2.05, 4.69) is 0 Å². The SMILES string of the molecule is CCOC(=O)C(CC)C(=O)Cc1ccccc1OC. The van der Waals surface area contributed by atoms with Gasteiger partial charge >= 0.3 is 5.97 Å². The first kappa shape index (κ1) is 15.2. The van der Waals surface area contributed by atoms with E-state index in [9.17, 15) is 9.59 Å². The number of esters is 1. The molecule has 1 atom stereocenters. The molecule has 4 nitrogen and oxygen atoms in total. The lowest BCUT2D eigenvalue weighted by atomic mass is 9.95. The summed E-state index contributed by atoms with van der Waals surface area (Å²) in [6.07, 6.45) is 0.633. The van der Waals surface area contributed by atoms with E-state index < -0.39 is 11.9 Å². The van der Waals surface area contributed by atoms with Gasteiger partial charge in [0, 0.05) is 12.0 Å². The summed E-state index contributed by atoms with van der Waals surface area (Å²) in [5.74, 6) is -0.602. The van der Waals surface area contributed by atoms with E-state index in [0.717, 1.165) is 5.56 Å². The van der Waals surface area contributed by atoms with Gasteiger partial charge in [-0.1, -0.05) is 25.1 Å². The minimum Gasteiger partial charge on any atom is -0.496 e. The van der Waals surface area contributed by atoms with Crippen molar-refractivity contribution in [1.29, 1.82) is 0 Å². The minimum atomic E-state index is -0.690. The van der Waals surface area contributed by atoms with Gasteiger partial charge in [0.15, 0.2) is 5.78 Å². The summed E-state index contributed by atoms with van der Waals surface area (Å²) < 4.78 is 10.1. The van der Waals surface area contributed by atoms with Gasteiger partial charge in [0.2, 0.25) is 0 Å². The molecule has 0 N–H and O–H groups in total. The van der Waals surface area contributed by atoms with E-state index in [4.69, 9.17) is 9.47 Å². The van der Waals surface area contributed by atoms with Gasteiger partial charge in [0.05, 0.1) is 13.7 Å². The van der Waals surface area contributed by atoms with Crippen LogP contribution in [0.2, 0.25) is 0 Å². The summed E-state index contributed by atoms with van der Waals surface area (Å²) in [6, 6.07) is 7.31. The van der Waals surface area contributed by atoms with Crippen LogP contribution < -0.4 is 4.74 Å². The molecule has 0 heterocycles. The summed E-state index contributed by atoms with van der Waals surface area (Å²) in [4.78, 5) is 23.9. The first-order valence-electron chi connectivity index (χ1n) is 6.45. The molecular formula is C15H20O4. The first-order valence-corrected chi connectivity index (χ1v) is 6.45. The predicted molar refractivity (Wildman–Crippen MR) is 72.1 cm³/mol. The smallest absolute Gasteiger partial charge is 0.316 e. The summed E-state index contributed by atoms with van der Waals surface area (Å²) in [7, 11) is 1.56. The van der Waals surface area contributed by atoms with Crippen molar-refractivity contribution in [3.05, 3.63) is 29.8 Å². The molecule has 0 aromatic heterocycles. The van der Waals surface area contributed by atoms with Crippen molar-refractivity contribution in [2.75, 3.05) is 13.7 Å². The molecule has 0 amide bonds. The predicted octanol–water partition coefficient (Wildman–Crippen LogP) is 2.40. The number of rotatable bonds is 7. The van der Waals surface area contributed by atoms with E-state index in [1.807, 2.05) is 25.1 Å². The van der Waals surface area contributed by atoms with Gasteiger partial charge < -0.3 is 9.47 Å². The van der Waals surface area contributed by atoms with E-state index in [-0.39, 0.29) is 18.8 Å². The van der Waals surface area contributed by atoms with Crippen LogP contribution in [-0.2, 0) is 20.7 Å². The van der Waals surface area contributed by atoms with Crippen LogP contribution in [0.25, 0.3) is 0 Å². The Morgan fingerprint density at radius 1 is 1.21 bits per heavy atom. The minimum absolute atomic E-state index is 0.134. The number of ketones is 1. The molecule has 19 heavy (non-hydrogen) atoms. The average molecular weight is 264 g/mol. The van der Waals surface area contributed by atoms with Gasteiger partial charge in [-0.25, -0.2) is 0 Å². The lowest BCUT2D eigenvalue weighted by molar-refractivity contribution is -0.151. The molecule has 0 radical (unpaired) electrons. The fraction of sp³-hybridized carbons (Fsp3) is 0.467. The molecule has 4 heteroatoms. The van der Waals surface area contributed by atoms with E-state index in [0.29, 0.717) is 12.2 Å². The highest BCUT2D eigenvalue weighted by Gasteiger charge is 2.26. The second kappa shape index (κ2) is 7.56. The Kier molecular flexibility index (Phi) is 6.06. The standard InChI is InChI=1S/C15H20O4/c1-4-12(15(17)19-5-2)13(16)10-11-8-6-7-9-14(11)18-3/h6-9,12H,4-5,10H2,1-3H3. The number of para-hydroxylation sites is 1. The molecule has 0 aliphatic heterocycles. The second-order valence-corrected chi connectivity index (χ2v) is 4.17. The van der Waals surface area contributed by atoms with E-state index >= 15 is 0 Å². The summed E-state index contributed by atoms with van der Waals surface area (Å²) in [6.45, 7) is 3.83. The topological polar surface area (TPSA) is 52.6 Å². The van der Waals surface area contributed by atoms with Crippen molar-refractivity contribution >= 4 is 11.8 Å². The first-order chi connectivity index (χ1) is 9.13. The van der Waals surface area contributed by atoms with Crippen LogP contribution in [0, 0.1) is 5.92 Å². The second-order valence-electron chi connectivity index (χ2n) is 4.17. The molecule has 1 aromatic rings. The number of benzene rings is 1. The molecule has 1 unspecified atom stereocenters. The highest BCUT2D eigenvalue weighted by atomic mass is 16.5. The Morgan fingerprint density at radius 3 is 2.47 bits per heavy atom. The number of Topliss-reactive ketones (excluding diaryl/α,β-unsaturated/α-hetero) is 1. The van der Waals surface area contributed by atoms with Crippen LogP contribution in [-0.4, -0.2) is 25.5 Å². The average Bonchev–Trinajstić information content (AvgIpc) is 2.40. The third-order valence-corrected chi connectivity index (χ3v) is 2.93. The van der Waals surface area contributed by atoms with Crippen LogP contribution in [0.3, 0.4) is 0 Å². The summed E-state index contributed by atoms with van der Waals surface area (Å²) in [5.41, 5.74) is 0.790. The summed E-state index contributed by atoms with van der Waals surface area (Å²) in [5, 5.41) is 0. The highest BCUT2D eigenvalue weighted by molar-refractivity contribution is 6.00. The Labute approximate surface area is 113 Å². The number of hydrogen-bond acceptors (Lipinski definition) is 4. The van der Waals surface area contributed by atoms with Crippen molar-refractivity contribution in [1.82, 2.24) is 0 Å². The maximum atomic E-state index is 12.2. The number of hydrogen-bond donors (Lipinski definition) is 0. The van der Waals surface area contributed by atoms with Crippen molar-refractivity contribution < 1.29 is 19.1 Å². The quantitative estimate of drug-likeness (QED) is 0.560. The maximum Gasteiger partial charge on any atom is 0.316 e. The molecule has 0 fully saturated rings. The van der Waals surface area contributed by atoms with Crippen LogP contribution >= 0.6 is 0 Å². The molecular weight excluding hydrogens is 244 g/mol. The molecule has 0 saturated carbocycles. The number of carbonyl (C=O) groups excluding carboxylic acids is 2. The zero-order valence-electron chi connectivity index (χ0n) is 11.6. The highest BCUT2D eigenvalue weighted by Crippen LogP contribution is 2.20. The third-order valence-electron chi connectivity index (χ3n) is 2.93. The fourth-order valence-electron chi connectivity index (χ4n) is 1.93. The Morgan fingerprint density at radius 2 is 1.89 bits per heavy atom. The van der Waals surface area contributed by atoms with Crippen LogP contribution in [0.15, 0.2) is 24.3 Å². The van der Waals surface area contributed by atoms with Crippen molar-refractivity contribution in [2.24, 2.45) is 5.92 Å². The van der Waals surface area contributed by atoms with E-state index in [1.54, 1.807) is 20.1 Å². The van der Waals surface area contributed by atoms with Gasteiger partial charge in [-0.15, -0.1) is 0 Å². The lowest BCUT2D eigenvalue weighted by Gasteiger charge is -2.13. The van der Waals surface area contributed by atoms with Crippen LogP contribution in [0.5, 0.6) is 5.75 Å². The lowest BCUT2D eigenvalue weighted by Crippen LogP contribution is -2.27. The molecule has 1 rings (SSSR count). The van der Waals surface area contributed by atoms with Crippen molar-refractivity contribution in [3.8, 4) is 5.75 Å². The van der Waals surface area contributed by atoms with Gasteiger partial charge in [-0.05, 0) is 19.4 Å². The van der Waals surface area contributed by atoms with Gasteiger partial charge in [0.25, 0.3) is 0 Å². The number of methoxy groups -OCH3 is 1. The summed E-state index contributed by atoms with van der Waals surface area (Å²) >= 11 is 0. The van der Waals surface area contributed by atoms with Crippen molar-refractivity contribution in [3.63, 3.8) is 0 Å². The van der Waals surface area contributed by atoms with Gasteiger partial charge in [0.1, 0.15) is 11.7 Å². The van der Waals surface area contributed by atoms with Crippen molar-refractivity contribution in [2.45, 2.75) is 26.7 Å².